The summed E-state index contributed by atoms with van der Waals surface area (Å²) in [6.07, 6.45) is 0. The molecule has 9 heteroatoms. The van der Waals surface area contributed by atoms with Crippen LogP contribution in [0.1, 0.15) is 0 Å². The third kappa shape index (κ3) is 11.9. The summed E-state index contributed by atoms with van der Waals surface area (Å²) < 4.78 is 11.2. The van der Waals surface area contributed by atoms with Crippen LogP contribution in [0.25, 0.3) is 0 Å². The summed E-state index contributed by atoms with van der Waals surface area (Å²) in [4.78, 5) is 21.9. The molecule has 7 nitrogen and oxygen atoms in total. The second-order valence-electron chi connectivity index (χ2n) is 4.19. The Balaban J connectivity index is 0.000000421. The van der Waals surface area contributed by atoms with Crippen molar-refractivity contribution >= 4 is 34.5 Å². The number of aliphatic carboxylic acids is 2. The summed E-state index contributed by atoms with van der Waals surface area (Å²) in [5.74, 6) is -2.02. The van der Waals surface area contributed by atoms with Gasteiger partial charge in [0.25, 0.3) is 0 Å². The molecule has 0 bridgehead atoms. The molecule has 136 valence electrons. The van der Waals surface area contributed by atoms with Gasteiger partial charge in [0, 0.05) is 9.79 Å². The minimum Gasteiger partial charge on any atom is -0.481 e. The molecule has 0 saturated heterocycles. The Kier molecular flexibility index (Phi) is 12.9. The van der Waals surface area contributed by atoms with Crippen LogP contribution >= 0.6 is 11.8 Å². The molecule has 0 aliphatic rings. The van der Waals surface area contributed by atoms with Crippen LogP contribution in [0.5, 0.6) is 0 Å². The highest BCUT2D eigenvalue weighted by atomic mass is 32.2. The molecular weight excluding hydrogens is 368 g/mol. The zero-order valence-electron chi connectivity index (χ0n) is 13.0. The Morgan fingerprint density at radius 3 is 1.76 bits per heavy atom. The molecule has 0 fully saturated rings. The van der Waals surface area contributed by atoms with E-state index in [0.29, 0.717) is 4.90 Å². The fourth-order valence-electron chi connectivity index (χ4n) is 1.43. The van der Waals surface area contributed by atoms with E-state index < -0.39 is 22.7 Å². The zero-order valence-corrected chi connectivity index (χ0v) is 14.7. The van der Waals surface area contributed by atoms with Gasteiger partial charge in [0.05, 0.1) is 16.6 Å². The van der Waals surface area contributed by atoms with Gasteiger partial charge in [0.2, 0.25) is 0 Å². The summed E-state index contributed by atoms with van der Waals surface area (Å²) in [6, 6.07) is 18.0. The van der Waals surface area contributed by atoms with Gasteiger partial charge >= 0.3 is 11.9 Å². The van der Waals surface area contributed by atoms with Crippen LogP contribution in [0, 0.1) is 0 Å². The first-order chi connectivity index (χ1) is 12.0. The highest BCUT2D eigenvalue weighted by Crippen LogP contribution is 2.15. The average molecular weight is 386 g/mol. The maximum absolute atomic E-state index is 11.2. The first-order valence-electron chi connectivity index (χ1n) is 6.74. The molecule has 0 aromatic heterocycles. The largest absolute Gasteiger partial charge is 0.481 e. The summed E-state index contributed by atoms with van der Waals surface area (Å²) in [5.41, 5.74) is 0. The monoisotopic (exact) mass is 386 g/mol. The van der Waals surface area contributed by atoms with Crippen molar-refractivity contribution in [3.05, 3.63) is 60.7 Å². The van der Waals surface area contributed by atoms with Gasteiger partial charge in [-0.2, -0.15) is 0 Å². The molecule has 0 heterocycles. The van der Waals surface area contributed by atoms with Crippen molar-refractivity contribution in [1.29, 1.82) is 0 Å². The van der Waals surface area contributed by atoms with Crippen LogP contribution in [-0.4, -0.2) is 48.4 Å². The molecule has 0 saturated carbocycles. The van der Waals surface area contributed by atoms with Crippen LogP contribution in [0.2, 0.25) is 0 Å². The van der Waals surface area contributed by atoms with Gasteiger partial charge in [0.15, 0.2) is 0 Å². The maximum atomic E-state index is 11.2. The lowest BCUT2D eigenvalue weighted by Crippen LogP contribution is -2.08. The van der Waals surface area contributed by atoms with Crippen LogP contribution in [0.3, 0.4) is 0 Å². The molecule has 0 radical (unpaired) electrons. The number of carboxylic acids is 2. The standard InChI is InChI=1S/C8H8O3S.C8H8O2S.H2O2/c9-8(10)6-12(11)7-4-2-1-3-5-7;9-8(10)6-11-7-4-2-1-3-5-7;1-2/h1-5H,6H2,(H,9,10);1-5H,6H2,(H,9,10);1-2H. The van der Waals surface area contributed by atoms with Crippen molar-refractivity contribution in [2.75, 3.05) is 11.5 Å². The van der Waals surface area contributed by atoms with Crippen LogP contribution in [-0.2, 0) is 20.4 Å². The Bertz CT molecular complexity index is 648. The number of thioether (sulfide) groups is 1. The number of hydrogen-bond acceptors (Lipinski definition) is 6. The van der Waals surface area contributed by atoms with Gasteiger partial charge in [-0.05, 0) is 24.3 Å². The number of carboxylic acid groups (broad SMARTS) is 2. The Labute approximate surface area is 151 Å². The van der Waals surface area contributed by atoms with Crippen LogP contribution in [0.4, 0.5) is 0 Å². The predicted octanol–water partition coefficient (Wildman–Crippen LogP) is 2.76. The fraction of sp³-hybridized carbons (Fsp3) is 0.125. The Hall–Kier alpha value is -2.20. The van der Waals surface area contributed by atoms with E-state index in [2.05, 4.69) is 0 Å². The van der Waals surface area contributed by atoms with Crippen molar-refractivity contribution in [1.82, 2.24) is 0 Å². The summed E-state index contributed by atoms with van der Waals surface area (Å²) >= 11 is 1.33. The SMILES string of the molecule is O=C(O)CS(=O)c1ccccc1.O=C(O)CSc1ccccc1.OO. The molecule has 2 aromatic rings. The predicted molar refractivity (Wildman–Crippen MR) is 95.4 cm³/mol. The number of benzene rings is 2. The van der Waals surface area contributed by atoms with Gasteiger partial charge in [0.1, 0.15) is 5.75 Å². The molecule has 2 aromatic carbocycles. The Morgan fingerprint density at radius 1 is 0.840 bits per heavy atom. The average Bonchev–Trinajstić information content (AvgIpc) is 2.63. The topological polar surface area (TPSA) is 132 Å². The van der Waals surface area contributed by atoms with Crippen molar-refractivity contribution < 1.29 is 34.5 Å². The van der Waals surface area contributed by atoms with E-state index in [-0.39, 0.29) is 11.5 Å². The van der Waals surface area contributed by atoms with Crippen molar-refractivity contribution in [2.45, 2.75) is 9.79 Å². The number of hydrogen-bond donors (Lipinski definition) is 4. The minimum absolute atomic E-state index is 0.129. The van der Waals surface area contributed by atoms with Gasteiger partial charge < -0.3 is 10.2 Å². The van der Waals surface area contributed by atoms with E-state index in [1.54, 1.807) is 30.3 Å². The van der Waals surface area contributed by atoms with Gasteiger partial charge in [-0.3, -0.25) is 24.3 Å². The first kappa shape index (κ1) is 22.8. The normalized spacial score (nSPS) is 10.3. The van der Waals surface area contributed by atoms with Crippen molar-refractivity contribution in [3.63, 3.8) is 0 Å². The lowest BCUT2D eigenvalue weighted by molar-refractivity contribution is -0.176. The quantitative estimate of drug-likeness (QED) is 0.338. The molecule has 2 rings (SSSR count). The highest BCUT2D eigenvalue weighted by Gasteiger charge is 2.06. The second-order valence-corrected chi connectivity index (χ2v) is 6.69. The summed E-state index contributed by atoms with van der Waals surface area (Å²) in [6.45, 7) is 0. The van der Waals surface area contributed by atoms with Crippen LogP contribution in [0.15, 0.2) is 70.5 Å². The Morgan fingerprint density at radius 2 is 1.32 bits per heavy atom. The molecule has 0 aliphatic heterocycles. The molecule has 1 unspecified atom stereocenters. The van der Waals surface area contributed by atoms with Gasteiger partial charge in [-0.15, -0.1) is 11.8 Å². The molecule has 4 N–H and O–H groups in total. The number of rotatable bonds is 6. The maximum Gasteiger partial charge on any atom is 0.316 e. The smallest absolute Gasteiger partial charge is 0.316 e. The zero-order chi connectivity index (χ0) is 19.1. The number of carbonyl (C=O) groups is 2. The molecule has 0 amide bonds. The first-order valence-corrected chi connectivity index (χ1v) is 9.04. The van der Waals surface area contributed by atoms with E-state index >= 15 is 0 Å². The molecule has 0 aliphatic carbocycles. The van der Waals surface area contributed by atoms with Gasteiger partial charge in [-0.1, -0.05) is 36.4 Å². The molecule has 0 spiro atoms. The van der Waals surface area contributed by atoms with Gasteiger partial charge in [-0.25, -0.2) is 0 Å². The second kappa shape index (κ2) is 14.2. The summed E-state index contributed by atoms with van der Waals surface area (Å²) in [5, 5.41) is 28.7. The van der Waals surface area contributed by atoms with Crippen LogP contribution < -0.4 is 0 Å². The summed E-state index contributed by atoms with van der Waals surface area (Å²) in [7, 11) is -1.41. The lowest BCUT2D eigenvalue weighted by atomic mass is 10.4. The fourth-order valence-corrected chi connectivity index (χ4v) is 2.92. The third-order valence-corrected chi connectivity index (χ3v) is 4.67. The minimum atomic E-state index is -1.41. The molecule has 25 heavy (non-hydrogen) atoms. The third-order valence-electron chi connectivity index (χ3n) is 2.37. The van der Waals surface area contributed by atoms with Crippen molar-refractivity contribution in [3.8, 4) is 0 Å². The van der Waals surface area contributed by atoms with E-state index in [1.807, 2.05) is 30.3 Å². The molecular formula is C16H18O7S2. The van der Waals surface area contributed by atoms with E-state index in [0.717, 1.165) is 4.90 Å². The highest BCUT2D eigenvalue weighted by molar-refractivity contribution is 8.00. The lowest BCUT2D eigenvalue weighted by Gasteiger charge is -1.96. The van der Waals surface area contributed by atoms with E-state index in [4.69, 9.17) is 20.7 Å². The van der Waals surface area contributed by atoms with E-state index in [1.165, 1.54) is 11.8 Å². The van der Waals surface area contributed by atoms with Crippen molar-refractivity contribution in [2.24, 2.45) is 0 Å². The molecule has 1 atom stereocenters. The van der Waals surface area contributed by atoms with E-state index in [9.17, 15) is 13.8 Å².